The molecule has 0 saturated carbocycles. The van der Waals surface area contributed by atoms with Crippen LogP contribution >= 0.6 is 0 Å². The molecular formula is C24H28N2. The van der Waals surface area contributed by atoms with Gasteiger partial charge in [-0.3, -0.25) is 0 Å². The van der Waals surface area contributed by atoms with Crippen LogP contribution in [0.5, 0.6) is 0 Å². The second-order valence-electron chi connectivity index (χ2n) is 8.43. The minimum Gasteiger partial charge on any atom is -0.198 e. The van der Waals surface area contributed by atoms with Crippen LogP contribution in [0.4, 0.5) is 0 Å². The van der Waals surface area contributed by atoms with Gasteiger partial charge in [0.05, 0.1) is 23.0 Å². The summed E-state index contributed by atoms with van der Waals surface area (Å²) in [5, 5.41) is 19.2. The molecule has 0 bridgehead atoms. The Balaban J connectivity index is 2.54. The van der Waals surface area contributed by atoms with E-state index in [1.54, 1.807) is 0 Å². The van der Waals surface area contributed by atoms with Crippen molar-refractivity contribution >= 4 is 0 Å². The SMILES string of the molecule is CC(C)(C#N)CC(c1ccccc1)C(CC(C)(C)C#N)c1ccccc1. The Labute approximate surface area is 158 Å². The largest absolute Gasteiger partial charge is 0.198 e. The molecule has 26 heavy (non-hydrogen) atoms. The first-order chi connectivity index (χ1) is 12.3. The molecule has 2 atom stereocenters. The van der Waals surface area contributed by atoms with Gasteiger partial charge in [0.15, 0.2) is 0 Å². The third-order valence-electron chi connectivity index (χ3n) is 5.01. The van der Waals surface area contributed by atoms with Gasteiger partial charge in [0.2, 0.25) is 0 Å². The van der Waals surface area contributed by atoms with Crippen LogP contribution in [0.25, 0.3) is 0 Å². The summed E-state index contributed by atoms with van der Waals surface area (Å²) < 4.78 is 0. The van der Waals surface area contributed by atoms with Gasteiger partial charge in [-0.1, -0.05) is 60.7 Å². The third-order valence-corrected chi connectivity index (χ3v) is 5.01. The molecule has 0 fully saturated rings. The molecule has 0 saturated heterocycles. The number of nitrogens with zero attached hydrogens (tertiary/aromatic N) is 2. The van der Waals surface area contributed by atoms with E-state index in [-0.39, 0.29) is 11.8 Å². The van der Waals surface area contributed by atoms with E-state index >= 15 is 0 Å². The van der Waals surface area contributed by atoms with Crippen molar-refractivity contribution in [3.05, 3.63) is 71.8 Å². The maximum atomic E-state index is 9.62. The van der Waals surface area contributed by atoms with E-state index in [1.807, 2.05) is 39.8 Å². The number of hydrogen-bond donors (Lipinski definition) is 0. The van der Waals surface area contributed by atoms with E-state index in [2.05, 4.69) is 60.7 Å². The summed E-state index contributed by atoms with van der Waals surface area (Å²) in [4.78, 5) is 0. The normalized spacial score (nSPS) is 14.1. The van der Waals surface area contributed by atoms with Gasteiger partial charge < -0.3 is 0 Å². The number of nitriles is 2. The summed E-state index contributed by atoms with van der Waals surface area (Å²) in [6.45, 7) is 8.00. The Morgan fingerprint density at radius 2 is 0.962 bits per heavy atom. The molecule has 0 aliphatic heterocycles. The molecule has 0 aliphatic rings. The average Bonchev–Trinajstić information content (AvgIpc) is 2.66. The maximum absolute atomic E-state index is 9.62. The lowest BCUT2D eigenvalue weighted by molar-refractivity contribution is 0.309. The first-order valence-electron chi connectivity index (χ1n) is 9.20. The van der Waals surface area contributed by atoms with Crippen LogP contribution in [-0.4, -0.2) is 0 Å². The minimum atomic E-state index is -0.426. The van der Waals surface area contributed by atoms with Crippen molar-refractivity contribution in [1.29, 1.82) is 10.5 Å². The summed E-state index contributed by atoms with van der Waals surface area (Å²) in [5.74, 6) is 0.363. The highest BCUT2D eigenvalue weighted by atomic mass is 14.4. The Kier molecular flexibility index (Phi) is 6.23. The standard InChI is InChI=1S/C24H28N2/c1-23(2,17-25)15-21(19-11-7-5-8-12-19)22(16-24(3,4)18-26)20-13-9-6-10-14-20/h5-14,21-22H,15-16H2,1-4H3. The molecule has 2 aromatic carbocycles. The van der Waals surface area contributed by atoms with Crippen molar-refractivity contribution in [2.45, 2.75) is 52.4 Å². The molecule has 0 amide bonds. The van der Waals surface area contributed by atoms with Crippen molar-refractivity contribution in [3.63, 3.8) is 0 Å². The quantitative estimate of drug-likeness (QED) is 0.580. The highest BCUT2D eigenvalue weighted by Gasteiger charge is 2.34. The summed E-state index contributed by atoms with van der Waals surface area (Å²) in [6, 6.07) is 25.8. The molecule has 0 spiro atoms. The average molecular weight is 345 g/mol. The molecule has 134 valence electrons. The summed E-state index contributed by atoms with van der Waals surface area (Å²) in [6.07, 6.45) is 1.52. The van der Waals surface area contributed by atoms with E-state index in [0.29, 0.717) is 0 Å². The van der Waals surface area contributed by atoms with Gasteiger partial charge >= 0.3 is 0 Å². The Hall–Kier alpha value is -2.58. The second kappa shape index (κ2) is 8.20. The highest BCUT2D eigenvalue weighted by molar-refractivity contribution is 5.30. The van der Waals surface area contributed by atoms with Gasteiger partial charge in [-0.2, -0.15) is 10.5 Å². The minimum absolute atomic E-state index is 0.181. The predicted octanol–water partition coefficient (Wildman–Crippen LogP) is 6.43. The Bertz CT molecular complexity index is 707. The molecule has 0 N–H and O–H groups in total. The lowest BCUT2D eigenvalue weighted by atomic mass is 9.68. The number of benzene rings is 2. The van der Waals surface area contributed by atoms with Gasteiger partial charge in [0.1, 0.15) is 0 Å². The van der Waals surface area contributed by atoms with Crippen LogP contribution in [0.3, 0.4) is 0 Å². The summed E-state index contributed by atoms with van der Waals surface area (Å²) in [5.41, 5.74) is 1.62. The summed E-state index contributed by atoms with van der Waals surface area (Å²) in [7, 11) is 0. The highest BCUT2D eigenvalue weighted by Crippen LogP contribution is 2.46. The molecule has 0 aliphatic carbocycles. The van der Waals surface area contributed by atoms with Crippen LogP contribution < -0.4 is 0 Å². The van der Waals surface area contributed by atoms with Crippen molar-refractivity contribution in [2.24, 2.45) is 10.8 Å². The van der Waals surface area contributed by atoms with E-state index in [4.69, 9.17) is 0 Å². The molecule has 0 aromatic heterocycles. The van der Waals surface area contributed by atoms with E-state index in [1.165, 1.54) is 11.1 Å². The Morgan fingerprint density at radius 3 is 1.23 bits per heavy atom. The van der Waals surface area contributed by atoms with Crippen LogP contribution in [0, 0.1) is 33.5 Å². The van der Waals surface area contributed by atoms with E-state index in [0.717, 1.165) is 12.8 Å². The zero-order valence-corrected chi connectivity index (χ0v) is 16.2. The Morgan fingerprint density at radius 1 is 0.654 bits per heavy atom. The van der Waals surface area contributed by atoms with E-state index in [9.17, 15) is 10.5 Å². The molecule has 2 nitrogen and oxygen atoms in total. The smallest absolute Gasteiger partial charge is 0.0684 e. The fourth-order valence-corrected chi connectivity index (χ4v) is 3.58. The van der Waals surface area contributed by atoms with Crippen LogP contribution in [0.15, 0.2) is 60.7 Å². The first kappa shape index (κ1) is 19.7. The molecule has 2 rings (SSSR count). The lowest BCUT2D eigenvalue weighted by Gasteiger charge is -2.35. The zero-order chi connectivity index (χ0) is 19.2. The first-order valence-corrected chi connectivity index (χ1v) is 9.20. The van der Waals surface area contributed by atoms with Gasteiger partial charge in [-0.25, -0.2) is 0 Å². The fourth-order valence-electron chi connectivity index (χ4n) is 3.58. The molecule has 0 radical (unpaired) electrons. The third kappa shape index (κ3) is 5.21. The monoisotopic (exact) mass is 344 g/mol. The molecule has 2 unspecified atom stereocenters. The maximum Gasteiger partial charge on any atom is 0.0684 e. The van der Waals surface area contributed by atoms with Gasteiger partial charge in [0, 0.05) is 0 Å². The molecule has 2 heteroatoms. The molecule has 0 heterocycles. The van der Waals surface area contributed by atoms with Crippen LogP contribution in [0.1, 0.15) is 63.5 Å². The number of rotatable bonds is 7. The fraction of sp³-hybridized carbons (Fsp3) is 0.417. The van der Waals surface area contributed by atoms with Crippen molar-refractivity contribution < 1.29 is 0 Å². The van der Waals surface area contributed by atoms with Crippen LogP contribution in [-0.2, 0) is 0 Å². The van der Waals surface area contributed by atoms with Crippen molar-refractivity contribution in [2.75, 3.05) is 0 Å². The van der Waals surface area contributed by atoms with E-state index < -0.39 is 10.8 Å². The van der Waals surface area contributed by atoms with Gasteiger partial charge in [-0.05, 0) is 63.5 Å². The van der Waals surface area contributed by atoms with Crippen molar-refractivity contribution in [1.82, 2.24) is 0 Å². The van der Waals surface area contributed by atoms with Gasteiger partial charge in [0.25, 0.3) is 0 Å². The second-order valence-corrected chi connectivity index (χ2v) is 8.43. The van der Waals surface area contributed by atoms with Gasteiger partial charge in [-0.15, -0.1) is 0 Å². The predicted molar refractivity (Wildman–Crippen MR) is 106 cm³/mol. The molecule has 2 aromatic rings. The summed E-state index contributed by atoms with van der Waals surface area (Å²) >= 11 is 0. The van der Waals surface area contributed by atoms with Crippen LogP contribution in [0.2, 0.25) is 0 Å². The lowest BCUT2D eigenvalue weighted by Crippen LogP contribution is -2.24. The number of hydrogen-bond acceptors (Lipinski definition) is 2. The van der Waals surface area contributed by atoms with Crippen molar-refractivity contribution in [3.8, 4) is 12.1 Å². The molecular weight excluding hydrogens is 316 g/mol. The topological polar surface area (TPSA) is 47.6 Å². The zero-order valence-electron chi connectivity index (χ0n) is 16.2.